The summed E-state index contributed by atoms with van der Waals surface area (Å²) < 4.78 is 0. The molecule has 0 amide bonds. The summed E-state index contributed by atoms with van der Waals surface area (Å²) in [6.07, 6.45) is 2.44. The predicted octanol–water partition coefficient (Wildman–Crippen LogP) is 2.09. The van der Waals surface area contributed by atoms with Crippen LogP contribution < -0.4 is 10.2 Å². The highest BCUT2D eigenvalue weighted by atomic mass is 16.6. The van der Waals surface area contributed by atoms with Crippen LogP contribution in [0.4, 0.5) is 11.4 Å². The normalized spacial score (nSPS) is 26.3. The molecule has 2 saturated heterocycles. The lowest BCUT2D eigenvalue weighted by Gasteiger charge is -2.24. The Kier molecular flexibility index (Phi) is 3.14. The van der Waals surface area contributed by atoms with Gasteiger partial charge in [-0.2, -0.15) is 0 Å². The Labute approximate surface area is 112 Å². The standard InChI is InChI=1S/C14H19N3O2/c1-10-4-5-13(17(18)19)14(7-10)16-8-11-3-2-6-15-12(11)9-16/h4-5,7,11-12,15H,2-3,6,8-9H2,1H3/t11-,12+/m0/s1. The Morgan fingerprint density at radius 3 is 3.00 bits per heavy atom. The first-order valence-corrected chi connectivity index (χ1v) is 6.88. The number of anilines is 1. The van der Waals surface area contributed by atoms with Crippen LogP contribution in [0.3, 0.4) is 0 Å². The number of nitro benzene ring substituents is 1. The molecule has 2 aliphatic heterocycles. The molecule has 1 N–H and O–H groups in total. The molecule has 2 aliphatic rings. The van der Waals surface area contributed by atoms with Crippen molar-refractivity contribution in [2.75, 3.05) is 24.5 Å². The molecule has 0 spiro atoms. The van der Waals surface area contributed by atoms with E-state index < -0.39 is 0 Å². The number of hydrogen-bond acceptors (Lipinski definition) is 4. The van der Waals surface area contributed by atoms with Gasteiger partial charge in [0.25, 0.3) is 5.69 Å². The van der Waals surface area contributed by atoms with Gasteiger partial charge < -0.3 is 10.2 Å². The Morgan fingerprint density at radius 2 is 2.26 bits per heavy atom. The van der Waals surface area contributed by atoms with Gasteiger partial charge >= 0.3 is 0 Å². The highest BCUT2D eigenvalue weighted by Gasteiger charge is 2.36. The fraction of sp³-hybridized carbons (Fsp3) is 0.571. The number of rotatable bonds is 2. The largest absolute Gasteiger partial charge is 0.364 e. The lowest BCUT2D eigenvalue weighted by molar-refractivity contribution is -0.384. The molecular weight excluding hydrogens is 242 g/mol. The molecule has 0 aliphatic carbocycles. The number of benzene rings is 1. The second-order valence-electron chi connectivity index (χ2n) is 5.62. The quantitative estimate of drug-likeness (QED) is 0.654. The van der Waals surface area contributed by atoms with E-state index in [4.69, 9.17) is 0 Å². The van der Waals surface area contributed by atoms with E-state index in [0.717, 1.165) is 30.9 Å². The van der Waals surface area contributed by atoms with Gasteiger partial charge in [0.2, 0.25) is 0 Å². The molecule has 0 unspecified atom stereocenters. The lowest BCUT2D eigenvalue weighted by atomic mass is 9.94. The van der Waals surface area contributed by atoms with Crippen molar-refractivity contribution in [1.29, 1.82) is 0 Å². The summed E-state index contributed by atoms with van der Waals surface area (Å²) in [5.74, 6) is 0.633. The molecule has 3 rings (SSSR count). The molecule has 5 nitrogen and oxygen atoms in total. The minimum Gasteiger partial charge on any atom is -0.364 e. The fourth-order valence-electron chi connectivity index (χ4n) is 3.28. The summed E-state index contributed by atoms with van der Waals surface area (Å²) >= 11 is 0. The molecule has 0 radical (unpaired) electrons. The molecule has 0 bridgehead atoms. The van der Waals surface area contributed by atoms with Crippen LogP contribution >= 0.6 is 0 Å². The van der Waals surface area contributed by atoms with Gasteiger partial charge in [-0.25, -0.2) is 0 Å². The Balaban J connectivity index is 1.90. The molecule has 2 fully saturated rings. The smallest absolute Gasteiger partial charge is 0.292 e. The van der Waals surface area contributed by atoms with E-state index in [1.54, 1.807) is 6.07 Å². The highest BCUT2D eigenvalue weighted by Crippen LogP contribution is 2.35. The third-order valence-electron chi connectivity index (χ3n) is 4.27. The van der Waals surface area contributed by atoms with Crippen LogP contribution in [0.25, 0.3) is 0 Å². The molecule has 1 aromatic rings. The summed E-state index contributed by atoms with van der Waals surface area (Å²) in [4.78, 5) is 13.1. The van der Waals surface area contributed by atoms with Gasteiger partial charge in [-0.05, 0) is 43.9 Å². The van der Waals surface area contributed by atoms with Crippen molar-refractivity contribution >= 4 is 11.4 Å². The summed E-state index contributed by atoms with van der Waals surface area (Å²) in [6.45, 7) is 4.87. The second-order valence-corrected chi connectivity index (χ2v) is 5.62. The van der Waals surface area contributed by atoms with E-state index >= 15 is 0 Å². The molecule has 2 heterocycles. The van der Waals surface area contributed by atoms with Crippen LogP contribution in [0.5, 0.6) is 0 Å². The van der Waals surface area contributed by atoms with E-state index in [0.29, 0.717) is 12.0 Å². The molecule has 2 atom stereocenters. The number of nitro groups is 1. The van der Waals surface area contributed by atoms with E-state index in [1.165, 1.54) is 12.8 Å². The zero-order valence-electron chi connectivity index (χ0n) is 11.1. The zero-order chi connectivity index (χ0) is 13.4. The molecule has 5 heteroatoms. The number of aryl methyl sites for hydroxylation is 1. The van der Waals surface area contributed by atoms with E-state index in [1.807, 2.05) is 19.1 Å². The second kappa shape index (κ2) is 4.81. The number of nitrogens with one attached hydrogen (secondary N) is 1. The van der Waals surface area contributed by atoms with Gasteiger partial charge in [0.05, 0.1) is 4.92 Å². The average molecular weight is 261 g/mol. The van der Waals surface area contributed by atoms with Crippen molar-refractivity contribution < 1.29 is 4.92 Å². The summed E-state index contributed by atoms with van der Waals surface area (Å²) in [7, 11) is 0. The van der Waals surface area contributed by atoms with Gasteiger partial charge in [-0.1, -0.05) is 6.07 Å². The molecule has 0 saturated carbocycles. The van der Waals surface area contributed by atoms with Crippen molar-refractivity contribution in [3.8, 4) is 0 Å². The summed E-state index contributed by atoms with van der Waals surface area (Å²) in [5.41, 5.74) is 2.08. The maximum atomic E-state index is 11.2. The monoisotopic (exact) mass is 261 g/mol. The van der Waals surface area contributed by atoms with E-state index in [2.05, 4.69) is 10.2 Å². The summed E-state index contributed by atoms with van der Waals surface area (Å²) in [6, 6.07) is 5.87. The van der Waals surface area contributed by atoms with Gasteiger partial charge in [-0.15, -0.1) is 0 Å². The molecule has 19 heavy (non-hydrogen) atoms. The van der Waals surface area contributed by atoms with Crippen molar-refractivity contribution in [2.24, 2.45) is 5.92 Å². The van der Waals surface area contributed by atoms with Crippen molar-refractivity contribution in [2.45, 2.75) is 25.8 Å². The number of nitrogens with zero attached hydrogens (tertiary/aromatic N) is 2. The van der Waals surface area contributed by atoms with Crippen LogP contribution in [-0.4, -0.2) is 30.6 Å². The number of piperidine rings is 1. The fourth-order valence-corrected chi connectivity index (χ4v) is 3.28. The van der Waals surface area contributed by atoms with Crippen molar-refractivity contribution in [1.82, 2.24) is 5.32 Å². The van der Waals surface area contributed by atoms with E-state index in [9.17, 15) is 10.1 Å². The minimum atomic E-state index is -0.274. The van der Waals surface area contributed by atoms with Gasteiger partial charge in [0.1, 0.15) is 5.69 Å². The van der Waals surface area contributed by atoms with Crippen LogP contribution in [0.1, 0.15) is 18.4 Å². The first-order valence-electron chi connectivity index (χ1n) is 6.88. The van der Waals surface area contributed by atoms with Gasteiger partial charge in [0.15, 0.2) is 0 Å². The first kappa shape index (κ1) is 12.4. The molecule has 102 valence electrons. The Bertz CT molecular complexity index is 489. The highest BCUT2D eigenvalue weighted by molar-refractivity contribution is 5.65. The average Bonchev–Trinajstić information content (AvgIpc) is 2.81. The predicted molar refractivity (Wildman–Crippen MR) is 74.6 cm³/mol. The third kappa shape index (κ3) is 2.30. The third-order valence-corrected chi connectivity index (χ3v) is 4.27. The number of hydrogen-bond donors (Lipinski definition) is 1. The maximum absolute atomic E-state index is 11.2. The summed E-state index contributed by atoms with van der Waals surface area (Å²) in [5, 5.41) is 14.7. The maximum Gasteiger partial charge on any atom is 0.292 e. The van der Waals surface area contributed by atoms with E-state index in [-0.39, 0.29) is 10.6 Å². The van der Waals surface area contributed by atoms with Gasteiger partial charge in [0, 0.05) is 25.2 Å². The minimum absolute atomic E-state index is 0.226. The number of fused-ring (bicyclic) bond motifs is 1. The van der Waals surface area contributed by atoms with Crippen LogP contribution in [-0.2, 0) is 0 Å². The van der Waals surface area contributed by atoms with Crippen LogP contribution in [0.15, 0.2) is 18.2 Å². The SMILES string of the molecule is Cc1ccc([N+](=O)[O-])c(N2C[C@@H]3CCCN[C@@H]3C2)c1. The van der Waals surface area contributed by atoms with Crippen molar-refractivity contribution in [3.05, 3.63) is 33.9 Å². The lowest BCUT2D eigenvalue weighted by Crippen LogP contribution is -2.40. The first-order chi connectivity index (χ1) is 9.15. The Hall–Kier alpha value is -1.62. The molecule has 0 aromatic heterocycles. The van der Waals surface area contributed by atoms with Gasteiger partial charge in [-0.3, -0.25) is 10.1 Å². The van der Waals surface area contributed by atoms with Crippen LogP contribution in [0, 0.1) is 23.0 Å². The zero-order valence-corrected chi connectivity index (χ0v) is 11.1. The van der Waals surface area contributed by atoms with Crippen LogP contribution in [0.2, 0.25) is 0 Å². The topological polar surface area (TPSA) is 58.4 Å². The molecular formula is C14H19N3O2. The van der Waals surface area contributed by atoms with Crippen molar-refractivity contribution in [3.63, 3.8) is 0 Å². The Morgan fingerprint density at radius 1 is 1.42 bits per heavy atom. The molecule has 1 aromatic carbocycles.